The van der Waals surface area contributed by atoms with E-state index in [1.807, 2.05) is 39.7 Å². The summed E-state index contributed by atoms with van der Waals surface area (Å²) in [4.78, 5) is 29.5. The molecule has 0 bridgehead atoms. The Morgan fingerprint density at radius 1 is 1.12 bits per heavy atom. The number of rotatable bonds is 1. The van der Waals surface area contributed by atoms with Gasteiger partial charge in [0.2, 0.25) is 5.91 Å². The number of nitrogens with zero attached hydrogens (tertiary/aromatic N) is 2. The molecule has 5 heteroatoms. The van der Waals surface area contributed by atoms with Gasteiger partial charge in [0.1, 0.15) is 0 Å². The number of thiophene rings is 1. The van der Waals surface area contributed by atoms with Gasteiger partial charge in [-0.25, -0.2) is 0 Å². The van der Waals surface area contributed by atoms with Crippen LogP contribution >= 0.6 is 11.3 Å². The maximum atomic E-state index is 13.1. The smallest absolute Gasteiger partial charge is 0.254 e. The molecule has 1 fully saturated rings. The van der Waals surface area contributed by atoms with Gasteiger partial charge in [0.25, 0.3) is 5.91 Å². The second-order valence-electron chi connectivity index (χ2n) is 7.19. The molecule has 130 valence electrons. The van der Waals surface area contributed by atoms with Gasteiger partial charge in [-0.3, -0.25) is 9.59 Å². The van der Waals surface area contributed by atoms with Crippen LogP contribution in [-0.2, 0) is 17.8 Å². The van der Waals surface area contributed by atoms with Crippen LogP contribution in [0.1, 0.15) is 34.3 Å². The summed E-state index contributed by atoms with van der Waals surface area (Å²) in [5, 5.41) is 3.83. The van der Waals surface area contributed by atoms with Crippen molar-refractivity contribution in [3.05, 3.63) is 57.8 Å². The monoisotopic (exact) mass is 354 g/mol. The van der Waals surface area contributed by atoms with Crippen molar-refractivity contribution in [2.75, 3.05) is 20.1 Å². The van der Waals surface area contributed by atoms with Gasteiger partial charge in [0, 0.05) is 32.1 Å². The van der Waals surface area contributed by atoms with Crippen molar-refractivity contribution in [1.82, 2.24) is 9.80 Å². The van der Waals surface area contributed by atoms with E-state index in [0.717, 1.165) is 24.8 Å². The van der Waals surface area contributed by atoms with Crippen molar-refractivity contribution in [1.29, 1.82) is 0 Å². The minimum atomic E-state index is -0.368. The Kier molecular flexibility index (Phi) is 4.12. The highest BCUT2D eigenvalue weighted by atomic mass is 32.1. The highest BCUT2D eigenvalue weighted by Crippen LogP contribution is 2.40. The highest BCUT2D eigenvalue weighted by molar-refractivity contribution is 7.08. The molecular weight excluding hydrogens is 332 g/mol. The largest absolute Gasteiger partial charge is 0.341 e. The Labute approximate surface area is 152 Å². The molecule has 25 heavy (non-hydrogen) atoms. The number of hydrogen-bond donors (Lipinski definition) is 0. The summed E-state index contributed by atoms with van der Waals surface area (Å²) in [5.74, 6) is 0.317. The van der Waals surface area contributed by atoms with Gasteiger partial charge in [-0.1, -0.05) is 24.3 Å². The molecule has 2 aliphatic rings. The van der Waals surface area contributed by atoms with Crippen LogP contribution in [0.4, 0.5) is 0 Å². The number of fused-ring (bicyclic) bond motifs is 1. The molecule has 0 N–H and O–H groups in total. The van der Waals surface area contributed by atoms with E-state index >= 15 is 0 Å². The summed E-state index contributed by atoms with van der Waals surface area (Å²) >= 11 is 1.54. The van der Waals surface area contributed by atoms with Crippen molar-refractivity contribution >= 4 is 23.2 Å². The number of carbonyl (C=O) groups is 2. The maximum absolute atomic E-state index is 13.1. The Bertz CT molecular complexity index is 792. The Morgan fingerprint density at radius 3 is 2.52 bits per heavy atom. The fourth-order valence-electron chi connectivity index (χ4n) is 4.15. The first kappa shape index (κ1) is 16.3. The third-order valence-corrected chi connectivity index (χ3v) is 6.31. The van der Waals surface area contributed by atoms with Crippen molar-refractivity contribution < 1.29 is 9.59 Å². The maximum Gasteiger partial charge on any atom is 0.254 e. The number of benzene rings is 1. The summed E-state index contributed by atoms with van der Waals surface area (Å²) in [6, 6.07) is 10.2. The van der Waals surface area contributed by atoms with Gasteiger partial charge < -0.3 is 9.80 Å². The summed E-state index contributed by atoms with van der Waals surface area (Å²) < 4.78 is 0. The molecule has 4 nitrogen and oxygen atoms in total. The zero-order valence-corrected chi connectivity index (χ0v) is 15.2. The van der Waals surface area contributed by atoms with Crippen LogP contribution in [0, 0.1) is 5.41 Å². The van der Waals surface area contributed by atoms with Crippen molar-refractivity contribution in [2.24, 2.45) is 5.41 Å². The van der Waals surface area contributed by atoms with Crippen LogP contribution in [-0.4, -0.2) is 41.8 Å². The van der Waals surface area contributed by atoms with Gasteiger partial charge in [-0.05, 0) is 41.8 Å². The third-order valence-electron chi connectivity index (χ3n) is 5.63. The topological polar surface area (TPSA) is 40.6 Å². The van der Waals surface area contributed by atoms with Gasteiger partial charge in [0.05, 0.1) is 11.0 Å². The van der Waals surface area contributed by atoms with Crippen LogP contribution in [0.15, 0.2) is 41.1 Å². The lowest BCUT2D eigenvalue weighted by Crippen LogP contribution is -2.50. The van der Waals surface area contributed by atoms with Crippen LogP contribution in [0.25, 0.3) is 0 Å². The first-order valence-electron chi connectivity index (χ1n) is 8.73. The average molecular weight is 354 g/mol. The van der Waals surface area contributed by atoms with Crippen LogP contribution < -0.4 is 0 Å². The van der Waals surface area contributed by atoms with Gasteiger partial charge in [0.15, 0.2) is 0 Å². The average Bonchev–Trinajstić information content (AvgIpc) is 3.14. The van der Waals surface area contributed by atoms with E-state index in [0.29, 0.717) is 19.6 Å². The Morgan fingerprint density at radius 2 is 1.84 bits per heavy atom. The molecule has 1 saturated heterocycles. The first-order chi connectivity index (χ1) is 12.1. The number of amides is 2. The molecule has 1 spiro atoms. The summed E-state index contributed by atoms with van der Waals surface area (Å²) in [6.45, 7) is 1.97. The van der Waals surface area contributed by atoms with Crippen molar-refractivity contribution in [3.8, 4) is 0 Å². The molecule has 2 aromatic rings. The van der Waals surface area contributed by atoms with E-state index in [-0.39, 0.29) is 17.2 Å². The fraction of sp³-hybridized carbons (Fsp3) is 0.400. The van der Waals surface area contributed by atoms with Crippen LogP contribution in [0.2, 0.25) is 0 Å². The van der Waals surface area contributed by atoms with Gasteiger partial charge in [-0.15, -0.1) is 0 Å². The van der Waals surface area contributed by atoms with Crippen molar-refractivity contribution in [2.45, 2.75) is 25.8 Å². The number of piperidine rings is 1. The van der Waals surface area contributed by atoms with E-state index in [4.69, 9.17) is 0 Å². The van der Waals surface area contributed by atoms with E-state index < -0.39 is 0 Å². The van der Waals surface area contributed by atoms with E-state index in [2.05, 4.69) is 18.2 Å². The molecule has 0 radical (unpaired) electrons. The summed E-state index contributed by atoms with van der Waals surface area (Å²) in [5.41, 5.74) is 2.91. The molecule has 4 rings (SSSR count). The fourth-order valence-corrected chi connectivity index (χ4v) is 4.78. The minimum Gasteiger partial charge on any atom is -0.341 e. The molecule has 0 unspecified atom stereocenters. The number of carbonyl (C=O) groups excluding carboxylic acids is 2. The van der Waals surface area contributed by atoms with E-state index in [9.17, 15) is 9.59 Å². The van der Waals surface area contributed by atoms with E-state index in [1.165, 1.54) is 11.1 Å². The summed E-state index contributed by atoms with van der Waals surface area (Å²) in [6.07, 6.45) is 2.26. The SMILES string of the molecule is CN1Cc2ccccc2CC2(CCN(C(=O)c3ccsc3)CC2)C1=O. The van der Waals surface area contributed by atoms with E-state index in [1.54, 1.807) is 11.3 Å². The molecule has 1 aromatic heterocycles. The quantitative estimate of drug-likeness (QED) is 0.789. The lowest BCUT2D eigenvalue weighted by molar-refractivity contribution is -0.143. The van der Waals surface area contributed by atoms with Gasteiger partial charge >= 0.3 is 0 Å². The molecule has 3 heterocycles. The molecule has 2 amide bonds. The highest BCUT2D eigenvalue weighted by Gasteiger charge is 2.45. The Balaban J connectivity index is 1.56. The zero-order valence-electron chi connectivity index (χ0n) is 14.4. The van der Waals surface area contributed by atoms with Crippen LogP contribution in [0.3, 0.4) is 0 Å². The minimum absolute atomic E-state index is 0.0888. The van der Waals surface area contributed by atoms with Gasteiger partial charge in [-0.2, -0.15) is 11.3 Å². The predicted octanol–water partition coefficient (Wildman–Crippen LogP) is 3.19. The lowest BCUT2D eigenvalue weighted by Gasteiger charge is -2.41. The van der Waals surface area contributed by atoms with Crippen LogP contribution in [0.5, 0.6) is 0 Å². The third kappa shape index (κ3) is 2.86. The molecule has 0 atom stereocenters. The molecule has 0 saturated carbocycles. The van der Waals surface area contributed by atoms with Crippen molar-refractivity contribution in [3.63, 3.8) is 0 Å². The second kappa shape index (κ2) is 6.30. The predicted molar refractivity (Wildman–Crippen MR) is 98.5 cm³/mol. The lowest BCUT2D eigenvalue weighted by atomic mass is 9.73. The number of hydrogen-bond acceptors (Lipinski definition) is 3. The molecule has 1 aromatic carbocycles. The molecular formula is C20H22N2O2S. The molecule has 2 aliphatic heterocycles. The standard InChI is InChI=1S/C20H22N2O2S/c1-21-13-16-5-3-2-4-15(16)12-20(19(21)24)7-9-22(10-8-20)18(23)17-6-11-25-14-17/h2-6,11,14H,7-10,12-13H2,1H3. The first-order valence-corrected chi connectivity index (χ1v) is 9.67. The summed E-state index contributed by atoms with van der Waals surface area (Å²) in [7, 11) is 1.90. The normalized spacial score (nSPS) is 19.6. The zero-order chi connectivity index (χ0) is 17.4. The number of likely N-dealkylation sites (tertiary alicyclic amines) is 1. The Hall–Kier alpha value is -2.14. The second-order valence-corrected chi connectivity index (χ2v) is 7.97. The molecule has 0 aliphatic carbocycles.